The van der Waals surface area contributed by atoms with Crippen molar-refractivity contribution in [2.24, 2.45) is 0 Å². The molecule has 0 fully saturated rings. The lowest BCUT2D eigenvalue weighted by atomic mass is 10.1. The lowest BCUT2D eigenvalue weighted by molar-refractivity contribution is 0.170. The quantitative estimate of drug-likeness (QED) is 0.747. The van der Waals surface area contributed by atoms with E-state index >= 15 is 0 Å². The third-order valence-corrected chi connectivity index (χ3v) is 2.96. The molecule has 0 aromatic heterocycles. The van der Waals surface area contributed by atoms with Crippen molar-refractivity contribution in [3.63, 3.8) is 0 Å². The van der Waals surface area contributed by atoms with E-state index in [4.69, 9.17) is 0 Å². The Balaban J connectivity index is 2.74. The standard InChI is InChI=1S/C11H16OS/c1-3-10(12)8-9-6-4-5-7-11(9)13-2/h4-7,10,12H,3,8H2,1-2H3/t10-/m0/s1. The maximum absolute atomic E-state index is 9.52. The van der Waals surface area contributed by atoms with E-state index in [1.165, 1.54) is 10.5 Å². The van der Waals surface area contributed by atoms with E-state index in [0.29, 0.717) is 0 Å². The summed E-state index contributed by atoms with van der Waals surface area (Å²) in [5.74, 6) is 0. The van der Waals surface area contributed by atoms with Gasteiger partial charge in [-0.05, 0) is 30.7 Å². The van der Waals surface area contributed by atoms with Crippen molar-refractivity contribution in [3.8, 4) is 0 Å². The van der Waals surface area contributed by atoms with Crippen LogP contribution >= 0.6 is 11.8 Å². The van der Waals surface area contributed by atoms with E-state index in [9.17, 15) is 5.11 Å². The van der Waals surface area contributed by atoms with Gasteiger partial charge < -0.3 is 5.11 Å². The van der Waals surface area contributed by atoms with Gasteiger partial charge in [0.05, 0.1) is 6.10 Å². The normalized spacial score (nSPS) is 12.8. The summed E-state index contributed by atoms with van der Waals surface area (Å²) in [5, 5.41) is 9.52. The first kappa shape index (κ1) is 10.6. The third-order valence-electron chi connectivity index (χ3n) is 2.12. The molecular weight excluding hydrogens is 180 g/mol. The lowest BCUT2D eigenvalue weighted by Crippen LogP contribution is -2.08. The second-order valence-corrected chi connectivity index (χ2v) is 3.93. The van der Waals surface area contributed by atoms with Gasteiger partial charge in [-0.25, -0.2) is 0 Å². The average molecular weight is 196 g/mol. The second-order valence-electron chi connectivity index (χ2n) is 3.08. The largest absolute Gasteiger partial charge is 0.393 e. The van der Waals surface area contributed by atoms with Crippen molar-refractivity contribution < 1.29 is 5.11 Å². The van der Waals surface area contributed by atoms with Crippen LogP contribution in [-0.2, 0) is 6.42 Å². The number of aliphatic hydroxyl groups is 1. The molecule has 1 aromatic rings. The Labute approximate surface area is 84.2 Å². The fourth-order valence-electron chi connectivity index (χ4n) is 1.27. The molecule has 1 nitrogen and oxygen atoms in total. The Hall–Kier alpha value is -0.470. The van der Waals surface area contributed by atoms with Crippen LogP contribution in [0.25, 0.3) is 0 Å². The first-order valence-electron chi connectivity index (χ1n) is 4.58. The monoisotopic (exact) mass is 196 g/mol. The number of rotatable bonds is 4. The molecule has 0 saturated carbocycles. The summed E-state index contributed by atoms with van der Waals surface area (Å²) in [7, 11) is 0. The Morgan fingerprint density at radius 1 is 1.38 bits per heavy atom. The third kappa shape index (κ3) is 3.05. The highest BCUT2D eigenvalue weighted by molar-refractivity contribution is 7.98. The molecule has 2 heteroatoms. The maximum Gasteiger partial charge on any atom is 0.0578 e. The van der Waals surface area contributed by atoms with Crippen molar-refractivity contribution in [1.82, 2.24) is 0 Å². The van der Waals surface area contributed by atoms with Gasteiger partial charge in [0.15, 0.2) is 0 Å². The van der Waals surface area contributed by atoms with Crippen LogP contribution in [0.3, 0.4) is 0 Å². The van der Waals surface area contributed by atoms with Crippen molar-refractivity contribution >= 4 is 11.8 Å². The zero-order valence-electron chi connectivity index (χ0n) is 8.16. The number of hydrogen-bond acceptors (Lipinski definition) is 2. The van der Waals surface area contributed by atoms with Crippen LogP contribution < -0.4 is 0 Å². The predicted molar refractivity (Wildman–Crippen MR) is 58.2 cm³/mol. The van der Waals surface area contributed by atoms with Gasteiger partial charge in [0.25, 0.3) is 0 Å². The Bertz CT molecular complexity index is 260. The smallest absolute Gasteiger partial charge is 0.0578 e. The van der Waals surface area contributed by atoms with Gasteiger partial charge in [0.2, 0.25) is 0 Å². The fourth-order valence-corrected chi connectivity index (χ4v) is 1.90. The highest BCUT2D eigenvalue weighted by Gasteiger charge is 2.05. The van der Waals surface area contributed by atoms with Gasteiger partial charge in [-0.3, -0.25) is 0 Å². The summed E-state index contributed by atoms with van der Waals surface area (Å²) in [5.41, 5.74) is 1.25. The van der Waals surface area contributed by atoms with Gasteiger partial charge in [-0.2, -0.15) is 0 Å². The molecule has 0 amide bonds. The molecule has 1 aromatic carbocycles. The van der Waals surface area contributed by atoms with Crippen LogP contribution in [0.2, 0.25) is 0 Å². The summed E-state index contributed by atoms with van der Waals surface area (Å²) in [6, 6.07) is 8.25. The molecule has 72 valence electrons. The molecule has 0 unspecified atom stereocenters. The zero-order chi connectivity index (χ0) is 9.68. The first-order chi connectivity index (χ1) is 6.27. The number of thioether (sulfide) groups is 1. The average Bonchev–Trinajstić information content (AvgIpc) is 2.18. The minimum Gasteiger partial charge on any atom is -0.393 e. The molecule has 0 saturated heterocycles. The minimum atomic E-state index is -0.201. The fraction of sp³-hybridized carbons (Fsp3) is 0.455. The van der Waals surface area contributed by atoms with E-state index in [1.807, 2.05) is 19.1 Å². The molecule has 1 rings (SSSR count). The number of hydrogen-bond donors (Lipinski definition) is 1. The molecule has 0 bridgehead atoms. The molecule has 1 N–H and O–H groups in total. The highest BCUT2D eigenvalue weighted by Crippen LogP contribution is 2.21. The van der Waals surface area contributed by atoms with Gasteiger partial charge >= 0.3 is 0 Å². The van der Waals surface area contributed by atoms with Crippen LogP contribution in [0.1, 0.15) is 18.9 Å². The molecule has 13 heavy (non-hydrogen) atoms. The molecular formula is C11H16OS. The summed E-state index contributed by atoms with van der Waals surface area (Å²) in [4.78, 5) is 1.27. The van der Waals surface area contributed by atoms with E-state index < -0.39 is 0 Å². The van der Waals surface area contributed by atoms with Crippen LogP contribution in [0, 0.1) is 0 Å². The minimum absolute atomic E-state index is 0.201. The Morgan fingerprint density at radius 3 is 2.69 bits per heavy atom. The van der Waals surface area contributed by atoms with E-state index in [1.54, 1.807) is 11.8 Å². The van der Waals surface area contributed by atoms with Crippen LogP contribution in [0.4, 0.5) is 0 Å². The summed E-state index contributed by atoms with van der Waals surface area (Å²) in [6.07, 6.45) is 3.46. The van der Waals surface area contributed by atoms with Crippen molar-refractivity contribution in [3.05, 3.63) is 29.8 Å². The van der Waals surface area contributed by atoms with Gasteiger partial charge in [-0.1, -0.05) is 25.1 Å². The number of benzene rings is 1. The summed E-state index contributed by atoms with van der Waals surface area (Å²) < 4.78 is 0. The first-order valence-corrected chi connectivity index (χ1v) is 5.80. The highest BCUT2D eigenvalue weighted by atomic mass is 32.2. The topological polar surface area (TPSA) is 20.2 Å². The number of aliphatic hydroxyl groups excluding tert-OH is 1. The van der Waals surface area contributed by atoms with Crippen molar-refractivity contribution in [2.45, 2.75) is 30.8 Å². The Morgan fingerprint density at radius 2 is 2.08 bits per heavy atom. The predicted octanol–water partition coefficient (Wildman–Crippen LogP) is 2.72. The zero-order valence-corrected chi connectivity index (χ0v) is 8.97. The van der Waals surface area contributed by atoms with Gasteiger partial charge in [-0.15, -0.1) is 11.8 Å². The lowest BCUT2D eigenvalue weighted by Gasteiger charge is -2.10. The Kier molecular flexibility index (Phi) is 4.33. The van der Waals surface area contributed by atoms with Crippen LogP contribution in [0.15, 0.2) is 29.2 Å². The molecule has 0 spiro atoms. The summed E-state index contributed by atoms with van der Waals surface area (Å²) >= 11 is 1.74. The van der Waals surface area contributed by atoms with E-state index in [0.717, 1.165) is 12.8 Å². The molecule has 0 aliphatic carbocycles. The summed E-state index contributed by atoms with van der Waals surface area (Å²) in [6.45, 7) is 2.01. The van der Waals surface area contributed by atoms with E-state index in [-0.39, 0.29) is 6.10 Å². The van der Waals surface area contributed by atoms with Gasteiger partial charge in [0, 0.05) is 4.90 Å². The second kappa shape index (κ2) is 5.30. The molecule has 1 atom stereocenters. The molecule has 0 radical (unpaired) electrons. The molecule has 0 aliphatic rings. The van der Waals surface area contributed by atoms with Gasteiger partial charge in [0.1, 0.15) is 0 Å². The maximum atomic E-state index is 9.52. The van der Waals surface area contributed by atoms with Crippen molar-refractivity contribution in [1.29, 1.82) is 0 Å². The van der Waals surface area contributed by atoms with Crippen LogP contribution in [-0.4, -0.2) is 17.5 Å². The van der Waals surface area contributed by atoms with Crippen LogP contribution in [0.5, 0.6) is 0 Å². The molecule has 0 heterocycles. The van der Waals surface area contributed by atoms with Crippen molar-refractivity contribution in [2.75, 3.05) is 6.26 Å². The SMILES string of the molecule is CC[C@H](O)Cc1ccccc1SC. The molecule has 0 aliphatic heterocycles. The van der Waals surface area contributed by atoms with E-state index in [2.05, 4.69) is 18.4 Å².